The van der Waals surface area contributed by atoms with E-state index in [2.05, 4.69) is 0 Å². The maximum Gasteiger partial charge on any atom is 0.129 e. The summed E-state index contributed by atoms with van der Waals surface area (Å²) in [5.41, 5.74) is 7.74. The molecule has 1 unspecified atom stereocenters. The van der Waals surface area contributed by atoms with E-state index in [1.165, 1.54) is 18.2 Å². The van der Waals surface area contributed by atoms with Gasteiger partial charge in [-0.3, -0.25) is 0 Å². The number of halogens is 3. The maximum atomic E-state index is 13.8. The van der Waals surface area contributed by atoms with Gasteiger partial charge in [0.2, 0.25) is 0 Å². The van der Waals surface area contributed by atoms with Gasteiger partial charge in [0.1, 0.15) is 11.6 Å². The molecule has 0 bridgehead atoms. The molecule has 0 saturated carbocycles. The Hall–Kier alpha value is -1.45. The molecular weight excluding hydrogens is 256 g/mol. The van der Waals surface area contributed by atoms with Crippen molar-refractivity contribution in [1.82, 2.24) is 0 Å². The first-order valence-electron chi connectivity index (χ1n) is 5.45. The lowest BCUT2D eigenvalue weighted by atomic mass is 9.95. The minimum atomic E-state index is -0.636. The molecular formula is C14H12ClF2N. The zero-order chi connectivity index (χ0) is 13.3. The highest BCUT2D eigenvalue weighted by atomic mass is 35.5. The van der Waals surface area contributed by atoms with Crippen LogP contribution in [0.3, 0.4) is 0 Å². The molecule has 0 heterocycles. The van der Waals surface area contributed by atoms with Gasteiger partial charge in [0, 0.05) is 10.6 Å². The van der Waals surface area contributed by atoms with Crippen molar-refractivity contribution in [2.45, 2.75) is 13.0 Å². The maximum absolute atomic E-state index is 13.8. The molecule has 0 aromatic heterocycles. The standard InChI is InChI=1S/C14H12ClF2N/c1-8-6-10(16)3-5-11(8)14(18)12-4-2-9(15)7-13(12)17/h2-7,14H,18H2,1H3. The molecule has 2 aromatic rings. The van der Waals surface area contributed by atoms with E-state index in [-0.39, 0.29) is 5.82 Å². The van der Waals surface area contributed by atoms with Crippen LogP contribution in [0.15, 0.2) is 36.4 Å². The summed E-state index contributed by atoms with van der Waals surface area (Å²) in [7, 11) is 0. The normalized spacial score (nSPS) is 12.5. The lowest BCUT2D eigenvalue weighted by Gasteiger charge is -2.16. The third-order valence-electron chi connectivity index (χ3n) is 2.86. The van der Waals surface area contributed by atoms with Gasteiger partial charge in [-0.25, -0.2) is 8.78 Å². The lowest BCUT2D eigenvalue weighted by molar-refractivity contribution is 0.598. The summed E-state index contributed by atoms with van der Waals surface area (Å²) in [6, 6.07) is 7.98. The summed E-state index contributed by atoms with van der Waals surface area (Å²) in [5.74, 6) is -0.793. The van der Waals surface area contributed by atoms with E-state index in [1.54, 1.807) is 25.1 Å². The molecule has 0 spiro atoms. The summed E-state index contributed by atoms with van der Waals surface area (Å²) in [6.07, 6.45) is 0. The smallest absolute Gasteiger partial charge is 0.129 e. The van der Waals surface area contributed by atoms with E-state index >= 15 is 0 Å². The first kappa shape index (κ1) is 13.0. The molecule has 0 aliphatic rings. The quantitative estimate of drug-likeness (QED) is 0.875. The molecule has 0 amide bonds. The van der Waals surface area contributed by atoms with Crippen LogP contribution in [-0.2, 0) is 0 Å². The van der Waals surface area contributed by atoms with Gasteiger partial charge in [0.05, 0.1) is 6.04 Å². The van der Waals surface area contributed by atoms with Gasteiger partial charge in [-0.05, 0) is 42.3 Å². The highest BCUT2D eigenvalue weighted by molar-refractivity contribution is 6.30. The number of benzene rings is 2. The van der Waals surface area contributed by atoms with Crippen LogP contribution in [0.1, 0.15) is 22.7 Å². The second-order valence-corrected chi connectivity index (χ2v) is 4.58. The van der Waals surface area contributed by atoms with Crippen molar-refractivity contribution in [1.29, 1.82) is 0 Å². The molecule has 0 radical (unpaired) electrons. The molecule has 1 atom stereocenters. The van der Waals surface area contributed by atoms with E-state index in [1.807, 2.05) is 0 Å². The van der Waals surface area contributed by atoms with Crippen LogP contribution >= 0.6 is 11.6 Å². The van der Waals surface area contributed by atoms with Crippen molar-refractivity contribution in [3.05, 3.63) is 69.7 Å². The van der Waals surface area contributed by atoms with Crippen molar-refractivity contribution in [2.75, 3.05) is 0 Å². The monoisotopic (exact) mass is 267 g/mol. The second-order valence-electron chi connectivity index (χ2n) is 4.14. The molecule has 2 N–H and O–H groups in total. The number of aryl methyl sites for hydroxylation is 1. The van der Waals surface area contributed by atoms with Gasteiger partial charge in [-0.2, -0.15) is 0 Å². The summed E-state index contributed by atoms with van der Waals surface area (Å²) >= 11 is 5.69. The Bertz CT molecular complexity index is 533. The van der Waals surface area contributed by atoms with Gasteiger partial charge >= 0.3 is 0 Å². The van der Waals surface area contributed by atoms with E-state index in [0.29, 0.717) is 21.7 Å². The number of rotatable bonds is 2. The molecule has 2 aromatic carbocycles. The van der Waals surface area contributed by atoms with E-state index in [9.17, 15) is 8.78 Å². The van der Waals surface area contributed by atoms with Gasteiger partial charge in [0.15, 0.2) is 0 Å². The SMILES string of the molecule is Cc1cc(F)ccc1C(N)c1ccc(Cl)cc1F. The summed E-state index contributed by atoms with van der Waals surface area (Å²) in [4.78, 5) is 0. The van der Waals surface area contributed by atoms with Crippen molar-refractivity contribution in [3.63, 3.8) is 0 Å². The summed E-state index contributed by atoms with van der Waals surface area (Å²) < 4.78 is 26.8. The third kappa shape index (κ3) is 2.52. The Balaban J connectivity index is 2.44. The van der Waals surface area contributed by atoms with E-state index in [4.69, 9.17) is 17.3 Å². The van der Waals surface area contributed by atoms with Crippen LogP contribution in [-0.4, -0.2) is 0 Å². The molecule has 0 aliphatic heterocycles. The number of nitrogens with two attached hydrogens (primary N) is 1. The Labute approximate surface area is 109 Å². The van der Waals surface area contributed by atoms with Gasteiger partial charge in [0.25, 0.3) is 0 Å². The van der Waals surface area contributed by atoms with E-state index in [0.717, 1.165) is 0 Å². The topological polar surface area (TPSA) is 26.0 Å². The fourth-order valence-electron chi connectivity index (χ4n) is 1.91. The van der Waals surface area contributed by atoms with Crippen molar-refractivity contribution in [3.8, 4) is 0 Å². The highest BCUT2D eigenvalue weighted by Gasteiger charge is 2.16. The first-order chi connectivity index (χ1) is 8.49. The van der Waals surface area contributed by atoms with Crippen molar-refractivity contribution < 1.29 is 8.78 Å². The predicted octanol–water partition coefficient (Wildman–Crippen LogP) is 3.97. The Morgan fingerprint density at radius 1 is 1.06 bits per heavy atom. The average molecular weight is 268 g/mol. The molecule has 18 heavy (non-hydrogen) atoms. The van der Waals surface area contributed by atoms with Crippen LogP contribution in [0, 0.1) is 18.6 Å². The minimum absolute atomic E-state index is 0.319. The van der Waals surface area contributed by atoms with Crippen LogP contribution < -0.4 is 5.73 Å². The van der Waals surface area contributed by atoms with Crippen LogP contribution in [0.2, 0.25) is 5.02 Å². The Kier molecular flexibility index (Phi) is 3.64. The lowest BCUT2D eigenvalue weighted by Crippen LogP contribution is -2.15. The Morgan fingerprint density at radius 3 is 2.33 bits per heavy atom. The van der Waals surface area contributed by atoms with Crippen molar-refractivity contribution >= 4 is 11.6 Å². The van der Waals surface area contributed by atoms with Gasteiger partial charge in [-0.15, -0.1) is 0 Å². The Morgan fingerprint density at radius 2 is 1.72 bits per heavy atom. The number of hydrogen-bond donors (Lipinski definition) is 1. The van der Waals surface area contributed by atoms with Crippen LogP contribution in [0.5, 0.6) is 0 Å². The average Bonchev–Trinajstić information content (AvgIpc) is 2.28. The molecule has 94 valence electrons. The first-order valence-corrected chi connectivity index (χ1v) is 5.83. The molecule has 0 fully saturated rings. The zero-order valence-electron chi connectivity index (χ0n) is 9.75. The largest absolute Gasteiger partial charge is 0.320 e. The van der Waals surface area contributed by atoms with Crippen LogP contribution in [0.4, 0.5) is 8.78 Å². The fraction of sp³-hybridized carbons (Fsp3) is 0.143. The molecule has 2 rings (SSSR count). The molecule has 0 aliphatic carbocycles. The van der Waals surface area contributed by atoms with E-state index < -0.39 is 11.9 Å². The zero-order valence-corrected chi connectivity index (χ0v) is 10.5. The summed E-state index contributed by atoms with van der Waals surface area (Å²) in [5, 5.41) is 0.319. The van der Waals surface area contributed by atoms with Crippen LogP contribution in [0.25, 0.3) is 0 Å². The predicted molar refractivity (Wildman–Crippen MR) is 68.6 cm³/mol. The minimum Gasteiger partial charge on any atom is -0.320 e. The van der Waals surface area contributed by atoms with Crippen molar-refractivity contribution in [2.24, 2.45) is 5.73 Å². The molecule has 4 heteroatoms. The molecule has 1 nitrogen and oxygen atoms in total. The third-order valence-corrected chi connectivity index (χ3v) is 3.10. The molecule has 0 saturated heterocycles. The summed E-state index contributed by atoms with van der Waals surface area (Å²) in [6.45, 7) is 1.74. The second kappa shape index (κ2) is 5.04. The fourth-order valence-corrected chi connectivity index (χ4v) is 2.07. The highest BCUT2D eigenvalue weighted by Crippen LogP contribution is 2.26. The number of hydrogen-bond acceptors (Lipinski definition) is 1. The van der Waals surface area contributed by atoms with Gasteiger partial charge < -0.3 is 5.73 Å². The van der Waals surface area contributed by atoms with Gasteiger partial charge in [-0.1, -0.05) is 23.7 Å².